The number of aromatic nitrogens is 1. The number of para-hydroxylation sites is 1. The smallest absolute Gasteiger partial charge is 0.255 e. The van der Waals surface area contributed by atoms with E-state index in [1.165, 1.54) is 0 Å². The van der Waals surface area contributed by atoms with Crippen LogP contribution in [0.4, 0.5) is 17.2 Å². The minimum absolute atomic E-state index is 0.162. The number of amides is 1. The van der Waals surface area contributed by atoms with Crippen molar-refractivity contribution in [1.82, 2.24) is 4.98 Å². The number of anilines is 3. The van der Waals surface area contributed by atoms with Crippen LogP contribution < -0.4 is 10.6 Å². The number of benzene rings is 2. The zero-order chi connectivity index (χ0) is 17.8. The molecule has 0 fully saturated rings. The Hall–Kier alpha value is -2.66. The molecule has 0 bridgehead atoms. The Labute approximate surface area is 155 Å². The summed E-state index contributed by atoms with van der Waals surface area (Å²) in [5, 5.41) is 6.18. The molecular weight excluding hydrogens is 378 g/mol. The summed E-state index contributed by atoms with van der Waals surface area (Å²) in [4.78, 5) is 16.6. The highest BCUT2D eigenvalue weighted by Gasteiger charge is 2.07. The van der Waals surface area contributed by atoms with E-state index in [0.29, 0.717) is 11.3 Å². The molecule has 0 radical (unpaired) electrons. The van der Waals surface area contributed by atoms with E-state index < -0.39 is 0 Å². The monoisotopic (exact) mass is 395 g/mol. The Bertz CT molecular complexity index is 870. The molecule has 3 rings (SSSR count). The Morgan fingerprint density at radius 3 is 2.24 bits per heavy atom. The van der Waals surface area contributed by atoms with Crippen LogP contribution in [-0.2, 0) is 0 Å². The van der Waals surface area contributed by atoms with Crippen LogP contribution >= 0.6 is 15.9 Å². The zero-order valence-corrected chi connectivity index (χ0v) is 15.6. The highest BCUT2D eigenvalue weighted by molar-refractivity contribution is 9.10. The number of rotatable bonds is 4. The van der Waals surface area contributed by atoms with Crippen molar-refractivity contribution in [3.05, 3.63) is 82.0 Å². The Balaban J connectivity index is 1.70. The molecule has 126 valence electrons. The summed E-state index contributed by atoms with van der Waals surface area (Å²) in [5.74, 6) is 0.573. The van der Waals surface area contributed by atoms with Crippen LogP contribution in [0.3, 0.4) is 0 Å². The highest BCUT2D eigenvalue weighted by atomic mass is 79.9. The third-order valence-corrected chi connectivity index (χ3v) is 4.39. The van der Waals surface area contributed by atoms with Gasteiger partial charge in [0.2, 0.25) is 0 Å². The average molecular weight is 396 g/mol. The lowest BCUT2D eigenvalue weighted by Gasteiger charge is -2.12. The maximum atomic E-state index is 12.2. The van der Waals surface area contributed by atoms with Crippen LogP contribution in [0, 0.1) is 13.8 Å². The second kappa shape index (κ2) is 7.49. The molecule has 1 aromatic heterocycles. The van der Waals surface area contributed by atoms with Gasteiger partial charge in [0.05, 0.1) is 11.9 Å². The van der Waals surface area contributed by atoms with Gasteiger partial charge in [-0.15, -0.1) is 0 Å². The standard InChI is InChI=1S/C20H18BrN3O/c1-13-4-3-5-14(2)19(13)24-18-11-10-17(12-22-18)23-20(25)15-6-8-16(21)9-7-15/h3-12H,1-2H3,(H,22,24)(H,23,25). The molecule has 0 saturated heterocycles. The quantitative estimate of drug-likeness (QED) is 0.616. The van der Waals surface area contributed by atoms with Gasteiger partial charge in [0.15, 0.2) is 0 Å². The summed E-state index contributed by atoms with van der Waals surface area (Å²) in [7, 11) is 0. The normalized spacial score (nSPS) is 10.4. The van der Waals surface area contributed by atoms with Gasteiger partial charge in [-0.3, -0.25) is 4.79 Å². The fourth-order valence-corrected chi connectivity index (χ4v) is 2.75. The Morgan fingerprint density at radius 2 is 1.64 bits per heavy atom. The fourth-order valence-electron chi connectivity index (χ4n) is 2.49. The van der Waals surface area contributed by atoms with Crippen molar-refractivity contribution in [1.29, 1.82) is 0 Å². The first-order valence-corrected chi connectivity index (χ1v) is 8.68. The molecule has 0 aliphatic rings. The lowest BCUT2D eigenvalue weighted by atomic mass is 10.1. The van der Waals surface area contributed by atoms with E-state index in [-0.39, 0.29) is 5.91 Å². The largest absolute Gasteiger partial charge is 0.340 e. The summed E-state index contributed by atoms with van der Waals surface area (Å²) < 4.78 is 0.938. The van der Waals surface area contributed by atoms with Crippen molar-refractivity contribution < 1.29 is 4.79 Å². The molecule has 0 aliphatic heterocycles. The van der Waals surface area contributed by atoms with Crippen LogP contribution in [0.15, 0.2) is 65.3 Å². The van der Waals surface area contributed by atoms with Gasteiger partial charge in [0.1, 0.15) is 5.82 Å². The van der Waals surface area contributed by atoms with Crippen LogP contribution in [0.5, 0.6) is 0 Å². The molecule has 3 aromatic rings. The summed E-state index contributed by atoms with van der Waals surface area (Å²) in [6.07, 6.45) is 1.65. The van der Waals surface area contributed by atoms with Gasteiger partial charge in [-0.1, -0.05) is 34.1 Å². The second-order valence-electron chi connectivity index (χ2n) is 5.78. The van der Waals surface area contributed by atoms with Gasteiger partial charge in [-0.05, 0) is 61.4 Å². The predicted octanol–water partition coefficient (Wildman–Crippen LogP) is 5.46. The molecular formula is C20H18BrN3O. The Kier molecular flexibility index (Phi) is 5.14. The number of carbonyl (C=O) groups excluding carboxylic acids is 1. The average Bonchev–Trinajstić information content (AvgIpc) is 2.60. The van der Waals surface area contributed by atoms with Gasteiger partial charge in [-0.2, -0.15) is 0 Å². The third kappa shape index (κ3) is 4.25. The maximum Gasteiger partial charge on any atom is 0.255 e. The number of hydrogen-bond acceptors (Lipinski definition) is 3. The van der Waals surface area contributed by atoms with Gasteiger partial charge in [0, 0.05) is 15.7 Å². The molecule has 0 aliphatic carbocycles. The van der Waals surface area contributed by atoms with Crippen LogP contribution in [0.25, 0.3) is 0 Å². The maximum absolute atomic E-state index is 12.2. The third-order valence-electron chi connectivity index (χ3n) is 3.86. The van der Waals surface area contributed by atoms with E-state index in [4.69, 9.17) is 0 Å². The summed E-state index contributed by atoms with van der Waals surface area (Å²) >= 11 is 3.36. The van der Waals surface area contributed by atoms with Crippen LogP contribution in [-0.4, -0.2) is 10.9 Å². The molecule has 1 amide bonds. The summed E-state index contributed by atoms with van der Waals surface area (Å²) in [6, 6.07) is 17.0. The molecule has 0 spiro atoms. The van der Waals surface area contributed by atoms with Gasteiger partial charge in [0.25, 0.3) is 5.91 Å². The molecule has 4 nitrogen and oxygen atoms in total. The number of pyridine rings is 1. The lowest BCUT2D eigenvalue weighted by Crippen LogP contribution is -2.12. The molecule has 0 atom stereocenters. The topological polar surface area (TPSA) is 54.0 Å². The second-order valence-corrected chi connectivity index (χ2v) is 6.70. The summed E-state index contributed by atoms with van der Waals surface area (Å²) in [5.41, 5.74) is 4.63. The van der Waals surface area contributed by atoms with Crippen molar-refractivity contribution in [2.24, 2.45) is 0 Å². The van der Waals surface area contributed by atoms with E-state index in [0.717, 1.165) is 27.1 Å². The summed E-state index contributed by atoms with van der Waals surface area (Å²) in [6.45, 7) is 4.12. The zero-order valence-electron chi connectivity index (χ0n) is 14.0. The van der Waals surface area contributed by atoms with E-state index in [2.05, 4.69) is 57.5 Å². The Morgan fingerprint density at radius 1 is 0.960 bits per heavy atom. The van der Waals surface area contributed by atoms with Crippen molar-refractivity contribution in [3.63, 3.8) is 0 Å². The fraction of sp³-hybridized carbons (Fsp3) is 0.100. The first kappa shape index (κ1) is 17.2. The number of nitrogens with one attached hydrogen (secondary N) is 2. The van der Waals surface area contributed by atoms with Crippen LogP contribution in [0.2, 0.25) is 0 Å². The highest BCUT2D eigenvalue weighted by Crippen LogP contribution is 2.23. The van der Waals surface area contributed by atoms with Crippen molar-refractivity contribution >= 4 is 39.0 Å². The minimum Gasteiger partial charge on any atom is -0.340 e. The number of nitrogens with zero attached hydrogens (tertiary/aromatic N) is 1. The van der Waals surface area contributed by atoms with Gasteiger partial charge < -0.3 is 10.6 Å². The molecule has 2 N–H and O–H groups in total. The van der Waals surface area contributed by atoms with Gasteiger partial charge in [-0.25, -0.2) is 4.98 Å². The molecule has 5 heteroatoms. The van der Waals surface area contributed by atoms with E-state index in [1.54, 1.807) is 18.3 Å². The molecule has 1 heterocycles. The number of hydrogen-bond donors (Lipinski definition) is 2. The molecule has 25 heavy (non-hydrogen) atoms. The molecule has 2 aromatic carbocycles. The lowest BCUT2D eigenvalue weighted by molar-refractivity contribution is 0.102. The SMILES string of the molecule is Cc1cccc(C)c1Nc1ccc(NC(=O)c2ccc(Br)cc2)cn1. The predicted molar refractivity (Wildman–Crippen MR) is 106 cm³/mol. The van der Waals surface area contributed by atoms with E-state index in [1.807, 2.05) is 30.3 Å². The van der Waals surface area contributed by atoms with Gasteiger partial charge >= 0.3 is 0 Å². The number of aryl methyl sites for hydroxylation is 2. The van der Waals surface area contributed by atoms with Crippen molar-refractivity contribution in [2.75, 3.05) is 10.6 Å². The minimum atomic E-state index is -0.162. The number of halogens is 1. The first-order chi connectivity index (χ1) is 12.0. The first-order valence-electron chi connectivity index (χ1n) is 7.89. The van der Waals surface area contributed by atoms with Crippen molar-refractivity contribution in [3.8, 4) is 0 Å². The number of carbonyl (C=O) groups is 1. The van der Waals surface area contributed by atoms with E-state index >= 15 is 0 Å². The van der Waals surface area contributed by atoms with Crippen LogP contribution in [0.1, 0.15) is 21.5 Å². The van der Waals surface area contributed by atoms with Crippen molar-refractivity contribution in [2.45, 2.75) is 13.8 Å². The molecule has 0 saturated carbocycles. The van der Waals surface area contributed by atoms with E-state index in [9.17, 15) is 4.79 Å². The molecule has 0 unspecified atom stereocenters.